The largest absolute Gasteiger partial charge is 0.396 e. The second-order valence-corrected chi connectivity index (χ2v) is 4.34. The maximum Gasteiger partial charge on any atom is 0.0771 e. The van der Waals surface area contributed by atoms with Gasteiger partial charge in [0.1, 0.15) is 0 Å². The van der Waals surface area contributed by atoms with Crippen molar-refractivity contribution in [3.05, 3.63) is 0 Å². The van der Waals surface area contributed by atoms with Crippen molar-refractivity contribution in [3.63, 3.8) is 0 Å². The van der Waals surface area contributed by atoms with Gasteiger partial charge in [0.2, 0.25) is 0 Å². The van der Waals surface area contributed by atoms with Crippen LogP contribution >= 0.6 is 0 Å². The van der Waals surface area contributed by atoms with Crippen molar-refractivity contribution in [2.45, 2.75) is 32.3 Å². The Morgan fingerprint density at radius 2 is 1.35 bits per heavy atom. The first-order valence-corrected chi connectivity index (χ1v) is 5.72. The SMILES string of the molecule is CC(CO)(CO)CO.OCCCCC(O)CO. The van der Waals surface area contributed by atoms with Crippen LogP contribution in [0.1, 0.15) is 26.2 Å². The number of aliphatic hydroxyl groups is 6. The van der Waals surface area contributed by atoms with Gasteiger partial charge in [-0.25, -0.2) is 0 Å². The van der Waals surface area contributed by atoms with Crippen LogP contribution in [0.2, 0.25) is 0 Å². The lowest BCUT2D eigenvalue weighted by Crippen LogP contribution is -2.29. The molecule has 6 N–H and O–H groups in total. The molecule has 0 aliphatic carbocycles. The minimum atomic E-state index is -0.708. The van der Waals surface area contributed by atoms with Crippen LogP contribution in [0.15, 0.2) is 0 Å². The van der Waals surface area contributed by atoms with E-state index in [1.54, 1.807) is 6.92 Å². The summed E-state index contributed by atoms with van der Waals surface area (Å²) in [7, 11) is 0. The van der Waals surface area contributed by atoms with Crippen molar-refractivity contribution >= 4 is 0 Å². The maximum atomic E-state index is 8.75. The summed E-state index contributed by atoms with van der Waals surface area (Å²) < 4.78 is 0. The van der Waals surface area contributed by atoms with E-state index in [-0.39, 0.29) is 33.0 Å². The van der Waals surface area contributed by atoms with Crippen molar-refractivity contribution in [2.75, 3.05) is 33.0 Å². The van der Waals surface area contributed by atoms with Crippen LogP contribution in [0.5, 0.6) is 0 Å². The fourth-order valence-corrected chi connectivity index (χ4v) is 0.733. The van der Waals surface area contributed by atoms with Crippen molar-refractivity contribution in [3.8, 4) is 0 Å². The molecule has 0 rings (SSSR count). The molecular weight excluding hydrogens is 228 g/mol. The number of unbranched alkanes of at least 4 members (excludes halogenated alkanes) is 1. The van der Waals surface area contributed by atoms with Crippen LogP contribution in [0, 0.1) is 5.41 Å². The number of rotatable bonds is 8. The van der Waals surface area contributed by atoms with Crippen LogP contribution < -0.4 is 0 Å². The Hall–Kier alpha value is -0.240. The molecular formula is C11H26O6. The summed E-state index contributed by atoms with van der Waals surface area (Å²) in [5.41, 5.74) is -0.708. The van der Waals surface area contributed by atoms with Crippen LogP contribution in [0.3, 0.4) is 0 Å². The van der Waals surface area contributed by atoms with Crippen LogP contribution in [-0.4, -0.2) is 69.8 Å². The molecule has 0 aromatic rings. The summed E-state index contributed by atoms with van der Waals surface area (Å²) in [6, 6.07) is 0. The highest BCUT2D eigenvalue weighted by molar-refractivity contribution is 4.69. The van der Waals surface area contributed by atoms with Gasteiger partial charge >= 0.3 is 0 Å². The van der Waals surface area contributed by atoms with E-state index in [2.05, 4.69) is 0 Å². The molecule has 0 amide bonds. The third-order valence-electron chi connectivity index (χ3n) is 2.30. The first kappa shape index (κ1) is 19.1. The number of hydrogen-bond acceptors (Lipinski definition) is 6. The summed E-state index contributed by atoms with van der Waals surface area (Å²) in [6.45, 7) is 1.05. The van der Waals surface area contributed by atoms with Gasteiger partial charge in [-0.1, -0.05) is 6.92 Å². The number of aliphatic hydroxyl groups excluding tert-OH is 6. The minimum Gasteiger partial charge on any atom is -0.396 e. The number of hydrogen-bond donors (Lipinski definition) is 6. The third-order valence-corrected chi connectivity index (χ3v) is 2.30. The average Bonchev–Trinajstić information content (AvgIpc) is 2.38. The minimum absolute atomic E-state index is 0.165. The predicted octanol–water partition coefficient (Wildman–Crippen LogP) is -1.53. The molecule has 0 spiro atoms. The van der Waals surface area contributed by atoms with Crippen molar-refractivity contribution in [1.29, 1.82) is 0 Å². The smallest absolute Gasteiger partial charge is 0.0771 e. The summed E-state index contributed by atoms with van der Waals surface area (Å²) in [5.74, 6) is 0. The monoisotopic (exact) mass is 254 g/mol. The van der Waals surface area contributed by atoms with Crippen LogP contribution in [0.4, 0.5) is 0 Å². The Balaban J connectivity index is 0. The summed E-state index contributed by atoms with van der Waals surface area (Å²) in [5, 5.41) is 50.8. The normalized spacial score (nSPS) is 12.9. The summed E-state index contributed by atoms with van der Waals surface area (Å²) >= 11 is 0. The van der Waals surface area contributed by atoms with Gasteiger partial charge in [0, 0.05) is 12.0 Å². The van der Waals surface area contributed by atoms with E-state index in [0.717, 1.165) is 6.42 Å². The molecule has 0 aromatic carbocycles. The third kappa shape index (κ3) is 12.0. The Kier molecular flexibility index (Phi) is 13.7. The molecule has 0 aromatic heterocycles. The molecule has 1 atom stereocenters. The highest BCUT2D eigenvalue weighted by Gasteiger charge is 2.20. The van der Waals surface area contributed by atoms with E-state index in [9.17, 15) is 0 Å². The lowest BCUT2D eigenvalue weighted by molar-refractivity contribution is 0.0200. The molecule has 106 valence electrons. The topological polar surface area (TPSA) is 121 Å². The van der Waals surface area contributed by atoms with E-state index in [1.165, 1.54) is 0 Å². The lowest BCUT2D eigenvalue weighted by Gasteiger charge is -2.20. The fraction of sp³-hybridized carbons (Fsp3) is 1.00. The first-order chi connectivity index (χ1) is 7.99. The van der Waals surface area contributed by atoms with Gasteiger partial charge in [-0.05, 0) is 19.3 Å². The standard InChI is InChI=1S/C6H14O3.C5H12O3/c7-4-2-1-3-6(9)5-8;1-5(2-6,3-7)4-8/h6-9H,1-5H2;6-8H,2-4H2,1H3. The summed E-state index contributed by atoms with van der Waals surface area (Å²) in [6.07, 6.45) is 1.46. The molecule has 17 heavy (non-hydrogen) atoms. The van der Waals surface area contributed by atoms with Gasteiger partial charge in [0.05, 0.1) is 32.5 Å². The van der Waals surface area contributed by atoms with Crippen molar-refractivity contribution in [1.82, 2.24) is 0 Å². The Morgan fingerprint density at radius 3 is 1.59 bits per heavy atom. The zero-order valence-electron chi connectivity index (χ0n) is 10.4. The zero-order chi connectivity index (χ0) is 13.7. The summed E-state index contributed by atoms with van der Waals surface area (Å²) in [4.78, 5) is 0. The van der Waals surface area contributed by atoms with Gasteiger partial charge < -0.3 is 30.6 Å². The van der Waals surface area contributed by atoms with E-state index < -0.39 is 11.5 Å². The van der Waals surface area contributed by atoms with Gasteiger partial charge in [-0.15, -0.1) is 0 Å². The highest BCUT2D eigenvalue weighted by Crippen LogP contribution is 2.10. The van der Waals surface area contributed by atoms with Gasteiger partial charge in [-0.2, -0.15) is 0 Å². The quantitative estimate of drug-likeness (QED) is 0.292. The second-order valence-electron chi connectivity index (χ2n) is 4.34. The molecule has 0 fully saturated rings. The molecule has 0 aliphatic rings. The van der Waals surface area contributed by atoms with Crippen LogP contribution in [-0.2, 0) is 0 Å². The Bertz CT molecular complexity index is 141. The van der Waals surface area contributed by atoms with Gasteiger partial charge in [0.25, 0.3) is 0 Å². The van der Waals surface area contributed by atoms with Gasteiger partial charge in [0.15, 0.2) is 0 Å². The second kappa shape index (κ2) is 12.2. The molecule has 0 radical (unpaired) electrons. The Labute approximate surface area is 102 Å². The average molecular weight is 254 g/mol. The molecule has 6 heteroatoms. The van der Waals surface area contributed by atoms with Crippen molar-refractivity contribution < 1.29 is 30.6 Å². The molecule has 1 unspecified atom stereocenters. The molecule has 0 saturated carbocycles. The van der Waals surface area contributed by atoms with E-state index >= 15 is 0 Å². The lowest BCUT2D eigenvalue weighted by atomic mass is 9.95. The maximum absolute atomic E-state index is 8.75. The molecule has 0 heterocycles. The van der Waals surface area contributed by atoms with E-state index in [4.69, 9.17) is 30.6 Å². The van der Waals surface area contributed by atoms with Crippen molar-refractivity contribution in [2.24, 2.45) is 5.41 Å². The van der Waals surface area contributed by atoms with Gasteiger partial charge in [-0.3, -0.25) is 0 Å². The first-order valence-electron chi connectivity index (χ1n) is 5.72. The molecule has 6 nitrogen and oxygen atoms in total. The molecule has 0 bridgehead atoms. The van der Waals surface area contributed by atoms with E-state index in [0.29, 0.717) is 12.8 Å². The predicted molar refractivity (Wildman–Crippen MR) is 63.4 cm³/mol. The van der Waals surface area contributed by atoms with E-state index in [1.807, 2.05) is 0 Å². The fourth-order valence-electron chi connectivity index (χ4n) is 0.733. The zero-order valence-corrected chi connectivity index (χ0v) is 10.4. The highest BCUT2D eigenvalue weighted by atomic mass is 16.3. The van der Waals surface area contributed by atoms with Crippen LogP contribution in [0.25, 0.3) is 0 Å². The molecule has 0 saturated heterocycles. The Morgan fingerprint density at radius 1 is 0.882 bits per heavy atom. The molecule has 0 aliphatic heterocycles.